The van der Waals surface area contributed by atoms with Gasteiger partial charge in [0.15, 0.2) is 0 Å². The minimum absolute atomic E-state index is 0.485. The number of aromatic nitrogens is 1. The lowest BCUT2D eigenvalue weighted by molar-refractivity contribution is 0.414. The quantitative estimate of drug-likeness (QED) is 0.901. The number of fused-ring (bicyclic) bond motifs is 1. The highest BCUT2D eigenvalue weighted by atomic mass is 35.5. The molecule has 2 heterocycles. The Morgan fingerprint density at radius 3 is 3.11 bits per heavy atom. The largest absolute Gasteiger partial charge is 0.379 e. The molecule has 0 aliphatic carbocycles. The fourth-order valence-corrected chi connectivity index (χ4v) is 2.77. The lowest BCUT2D eigenvalue weighted by Gasteiger charge is -2.16. The van der Waals surface area contributed by atoms with E-state index < -0.39 is 0 Å². The molecule has 3 rings (SSSR count). The molecule has 1 N–H and O–H groups in total. The number of likely N-dealkylation sites (tertiary alicyclic amines) is 1. The number of anilines is 1. The highest BCUT2D eigenvalue weighted by Gasteiger charge is 2.19. The first-order chi connectivity index (χ1) is 8.72. The SMILES string of the molecule is CN1CCC(Nc2cc(Cl)cc3cccnc23)C1. The van der Waals surface area contributed by atoms with Crippen LogP contribution in [0.15, 0.2) is 30.5 Å². The van der Waals surface area contributed by atoms with Crippen molar-refractivity contribution in [2.75, 3.05) is 25.5 Å². The Morgan fingerprint density at radius 2 is 2.33 bits per heavy atom. The monoisotopic (exact) mass is 261 g/mol. The van der Waals surface area contributed by atoms with Crippen LogP contribution in [0.4, 0.5) is 5.69 Å². The molecule has 18 heavy (non-hydrogen) atoms. The van der Waals surface area contributed by atoms with Crippen molar-refractivity contribution < 1.29 is 0 Å². The van der Waals surface area contributed by atoms with Crippen molar-refractivity contribution in [2.24, 2.45) is 0 Å². The third kappa shape index (κ3) is 2.28. The van der Waals surface area contributed by atoms with Gasteiger partial charge in [0, 0.05) is 29.2 Å². The molecule has 94 valence electrons. The number of nitrogens with one attached hydrogen (secondary N) is 1. The number of hydrogen-bond donors (Lipinski definition) is 1. The number of likely N-dealkylation sites (N-methyl/N-ethyl adjacent to an activating group) is 1. The van der Waals surface area contributed by atoms with E-state index in [0.29, 0.717) is 6.04 Å². The van der Waals surface area contributed by atoms with Crippen molar-refractivity contribution in [3.63, 3.8) is 0 Å². The standard InChI is InChI=1S/C14H16ClN3/c1-18-6-4-12(9-18)17-13-8-11(15)7-10-3-2-5-16-14(10)13/h2-3,5,7-8,12,17H,4,6,9H2,1H3. The van der Waals surface area contributed by atoms with Crippen LogP contribution in [-0.4, -0.2) is 36.1 Å². The van der Waals surface area contributed by atoms with Gasteiger partial charge in [-0.1, -0.05) is 17.7 Å². The van der Waals surface area contributed by atoms with E-state index in [4.69, 9.17) is 11.6 Å². The first-order valence-electron chi connectivity index (χ1n) is 6.22. The molecule has 1 saturated heterocycles. The predicted octanol–water partition coefficient (Wildman–Crippen LogP) is 3.00. The Bertz CT molecular complexity index is 570. The van der Waals surface area contributed by atoms with Crippen LogP contribution >= 0.6 is 11.6 Å². The Balaban J connectivity index is 1.95. The summed E-state index contributed by atoms with van der Waals surface area (Å²) in [5.41, 5.74) is 2.04. The highest BCUT2D eigenvalue weighted by molar-refractivity contribution is 6.31. The fraction of sp³-hybridized carbons (Fsp3) is 0.357. The molecule has 1 unspecified atom stereocenters. The topological polar surface area (TPSA) is 28.2 Å². The summed E-state index contributed by atoms with van der Waals surface area (Å²) in [5.74, 6) is 0. The van der Waals surface area contributed by atoms with Crippen LogP contribution in [0.25, 0.3) is 10.9 Å². The second-order valence-corrected chi connectivity index (χ2v) is 5.36. The van der Waals surface area contributed by atoms with Crippen LogP contribution in [0.2, 0.25) is 5.02 Å². The summed E-state index contributed by atoms with van der Waals surface area (Å²) in [7, 11) is 2.15. The van der Waals surface area contributed by atoms with Gasteiger partial charge in [0.1, 0.15) is 0 Å². The zero-order chi connectivity index (χ0) is 12.5. The fourth-order valence-electron chi connectivity index (χ4n) is 2.54. The van der Waals surface area contributed by atoms with Crippen molar-refractivity contribution >= 4 is 28.2 Å². The van der Waals surface area contributed by atoms with Crippen molar-refractivity contribution in [2.45, 2.75) is 12.5 Å². The smallest absolute Gasteiger partial charge is 0.0934 e. The Kier molecular flexibility index (Phi) is 3.10. The molecular formula is C14H16ClN3. The molecule has 0 bridgehead atoms. The number of benzene rings is 1. The first kappa shape index (κ1) is 11.8. The van der Waals surface area contributed by atoms with E-state index in [-0.39, 0.29) is 0 Å². The molecule has 1 fully saturated rings. The van der Waals surface area contributed by atoms with Gasteiger partial charge in [-0.2, -0.15) is 0 Å². The van der Waals surface area contributed by atoms with E-state index in [9.17, 15) is 0 Å². The highest BCUT2D eigenvalue weighted by Crippen LogP contribution is 2.27. The Hall–Kier alpha value is -1.32. The van der Waals surface area contributed by atoms with Gasteiger partial charge in [0.25, 0.3) is 0 Å². The molecule has 3 nitrogen and oxygen atoms in total. The summed E-state index contributed by atoms with van der Waals surface area (Å²) in [6, 6.07) is 8.38. The maximum absolute atomic E-state index is 6.16. The maximum Gasteiger partial charge on any atom is 0.0934 e. The van der Waals surface area contributed by atoms with Gasteiger partial charge >= 0.3 is 0 Å². The first-order valence-corrected chi connectivity index (χ1v) is 6.59. The van der Waals surface area contributed by atoms with Crippen LogP contribution in [0.3, 0.4) is 0 Å². The number of pyridine rings is 1. The van der Waals surface area contributed by atoms with E-state index in [1.807, 2.05) is 30.5 Å². The molecule has 1 atom stereocenters. The van der Waals surface area contributed by atoms with E-state index in [2.05, 4.69) is 22.2 Å². The normalized spacial score (nSPS) is 20.4. The zero-order valence-electron chi connectivity index (χ0n) is 10.4. The van der Waals surface area contributed by atoms with Crippen molar-refractivity contribution in [3.8, 4) is 0 Å². The molecule has 1 aliphatic heterocycles. The van der Waals surface area contributed by atoms with E-state index in [1.54, 1.807) is 0 Å². The van der Waals surface area contributed by atoms with Gasteiger partial charge < -0.3 is 10.2 Å². The van der Waals surface area contributed by atoms with Gasteiger partial charge in [-0.25, -0.2) is 0 Å². The second kappa shape index (κ2) is 4.75. The summed E-state index contributed by atoms with van der Waals surface area (Å²) in [6.07, 6.45) is 2.99. The van der Waals surface area contributed by atoms with Crippen molar-refractivity contribution in [1.82, 2.24) is 9.88 Å². The van der Waals surface area contributed by atoms with Crippen LogP contribution < -0.4 is 5.32 Å². The lowest BCUT2D eigenvalue weighted by atomic mass is 10.1. The van der Waals surface area contributed by atoms with E-state index in [1.165, 1.54) is 0 Å². The summed E-state index contributed by atoms with van der Waals surface area (Å²) in [6.45, 7) is 2.21. The minimum Gasteiger partial charge on any atom is -0.379 e. The van der Waals surface area contributed by atoms with Gasteiger partial charge in [-0.05, 0) is 38.2 Å². The summed E-state index contributed by atoms with van der Waals surface area (Å²) < 4.78 is 0. The third-order valence-corrected chi connectivity index (χ3v) is 3.64. The second-order valence-electron chi connectivity index (χ2n) is 4.92. The average molecular weight is 262 g/mol. The summed E-state index contributed by atoms with van der Waals surface area (Å²) in [5, 5.41) is 5.40. The van der Waals surface area contributed by atoms with E-state index >= 15 is 0 Å². The molecule has 1 aliphatic rings. The van der Waals surface area contributed by atoms with Crippen LogP contribution in [-0.2, 0) is 0 Å². The minimum atomic E-state index is 0.485. The predicted molar refractivity (Wildman–Crippen MR) is 76.3 cm³/mol. The molecule has 0 amide bonds. The summed E-state index contributed by atoms with van der Waals surface area (Å²) >= 11 is 6.16. The summed E-state index contributed by atoms with van der Waals surface area (Å²) in [4.78, 5) is 6.78. The van der Waals surface area contributed by atoms with E-state index in [0.717, 1.165) is 41.1 Å². The van der Waals surface area contributed by atoms with Gasteiger partial charge in [-0.15, -0.1) is 0 Å². The lowest BCUT2D eigenvalue weighted by Crippen LogP contribution is -2.23. The molecule has 1 aromatic carbocycles. The van der Waals surface area contributed by atoms with Crippen LogP contribution in [0.1, 0.15) is 6.42 Å². The molecule has 1 aromatic heterocycles. The molecular weight excluding hydrogens is 246 g/mol. The number of halogens is 1. The number of hydrogen-bond acceptors (Lipinski definition) is 3. The molecule has 0 saturated carbocycles. The van der Waals surface area contributed by atoms with Crippen molar-refractivity contribution in [1.29, 1.82) is 0 Å². The Labute approximate surface area is 112 Å². The number of nitrogens with zero attached hydrogens (tertiary/aromatic N) is 2. The van der Waals surface area contributed by atoms with Crippen LogP contribution in [0, 0.1) is 0 Å². The molecule has 2 aromatic rings. The zero-order valence-corrected chi connectivity index (χ0v) is 11.1. The molecule has 0 radical (unpaired) electrons. The number of rotatable bonds is 2. The van der Waals surface area contributed by atoms with Crippen molar-refractivity contribution in [3.05, 3.63) is 35.5 Å². The van der Waals surface area contributed by atoms with Gasteiger partial charge in [0.2, 0.25) is 0 Å². The molecule has 4 heteroatoms. The van der Waals surface area contributed by atoms with Crippen LogP contribution in [0.5, 0.6) is 0 Å². The van der Waals surface area contributed by atoms with Gasteiger partial charge in [-0.3, -0.25) is 4.98 Å². The average Bonchev–Trinajstić information content (AvgIpc) is 2.74. The third-order valence-electron chi connectivity index (χ3n) is 3.42. The maximum atomic E-state index is 6.16. The Morgan fingerprint density at radius 1 is 1.44 bits per heavy atom. The van der Waals surface area contributed by atoms with Gasteiger partial charge in [0.05, 0.1) is 11.2 Å². The molecule has 0 spiro atoms.